The van der Waals surface area contributed by atoms with Crippen molar-refractivity contribution in [2.24, 2.45) is 0 Å². The number of imide groups is 1. The first-order valence-corrected chi connectivity index (χ1v) is 6.39. The summed E-state index contributed by atoms with van der Waals surface area (Å²) in [7, 11) is 0. The van der Waals surface area contributed by atoms with E-state index in [1.54, 1.807) is 11.0 Å². The molecule has 2 aliphatic rings. The molecule has 1 aromatic carbocycles. The number of piperidine rings is 1. The van der Waals surface area contributed by atoms with Gasteiger partial charge in [0.15, 0.2) is 0 Å². The standard InChI is InChI=1S/C14H14N2O3/c17-12-6-5-11(13(18)15-12)16-8-7-9-3-1-2-4-10(9)14(16)19/h1-4,11H,5-8H2,(H,15,17,18)/t11-/m1/s1. The number of rotatable bonds is 1. The molecule has 5 nitrogen and oxygen atoms in total. The molecule has 1 saturated heterocycles. The van der Waals surface area contributed by atoms with Gasteiger partial charge in [0.25, 0.3) is 5.91 Å². The van der Waals surface area contributed by atoms with Gasteiger partial charge in [-0.1, -0.05) is 18.2 Å². The van der Waals surface area contributed by atoms with Gasteiger partial charge in [-0.25, -0.2) is 0 Å². The molecule has 5 heteroatoms. The molecule has 3 rings (SSSR count). The predicted molar refractivity (Wildman–Crippen MR) is 67.4 cm³/mol. The Bertz CT molecular complexity index is 568. The van der Waals surface area contributed by atoms with Gasteiger partial charge in [0.05, 0.1) is 0 Å². The van der Waals surface area contributed by atoms with Crippen LogP contribution in [0.1, 0.15) is 28.8 Å². The average Bonchev–Trinajstić information content (AvgIpc) is 2.41. The molecule has 0 spiro atoms. The quantitative estimate of drug-likeness (QED) is 0.745. The highest BCUT2D eigenvalue weighted by Gasteiger charge is 2.36. The summed E-state index contributed by atoms with van der Waals surface area (Å²) < 4.78 is 0. The van der Waals surface area contributed by atoms with Crippen LogP contribution in [0, 0.1) is 0 Å². The largest absolute Gasteiger partial charge is 0.326 e. The summed E-state index contributed by atoms with van der Waals surface area (Å²) in [6.45, 7) is 0.530. The highest BCUT2D eigenvalue weighted by molar-refractivity contribution is 6.04. The number of amides is 3. The third kappa shape index (κ3) is 2.01. The van der Waals surface area contributed by atoms with Gasteiger partial charge >= 0.3 is 0 Å². The topological polar surface area (TPSA) is 66.5 Å². The minimum Gasteiger partial charge on any atom is -0.326 e. The summed E-state index contributed by atoms with van der Waals surface area (Å²) in [4.78, 5) is 37.0. The van der Waals surface area contributed by atoms with Gasteiger partial charge in [0.2, 0.25) is 11.8 Å². The van der Waals surface area contributed by atoms with Crippen molar-refractivity contribution in [2.75, 3.05) is 6.54 Å². The fraction of sp³-hybridized carbons (Fsp3) is 0.357. The second-order valence-corrected chi connectivity index (χ2v) is 4.87. The third-order valence-electron chi connectivity index (χ3n) is 3.72. The first-order chi connectivity index (χ1) is 9.16. The molecule has 2 aliphatic heterocycles. The van der Waals surface area contributed by atoms with Crippen LogP contribution in [0.15, 0.2) is 24.3 Å². The number of nitrogens with zero attached hydrogens (tertiary/aromatic N) is 1. The summed E-state index contributed by atoms with van der Waals surface area (Å²) in [5.74, 6) is -0.730. The SMILES string of the molecule is O=C1CC[C@@H](N2CCc3ccccc3C2=O)C(=O)N1. The van der Waals surface area contributed by atoms with Crippen molar-refractivity contribution >= 4 is 17.7 Å². The number of hydrogen-bond acceptors (Lipinski definition) is 3. The monoisotopic (exact) mass is 258 g/mol. The maximum absolute atomic E-state index is 12.4. The Kier molecular flexibility index (Phi) is 2.81. The Balaban J connectivity index is 1.86. The second-order valence-electron chi connectivity index (χ2n) is 4.87. The number of carbonyl (C=O) groups excluding carboxylic acids is 3. The van der Waals surface area contributed by atoms with Crippen molar-refractivity contribution in [1.82, 2.24) is 10.2 Å². The first-order valence-electron chi connectivity index (χ1n) is 6.39. The number of nitrogens with one attached hydrogen (secondary N) is 1. The van der Waals surface area contributed by atoms with E-state index in [1.165, 1.54) is 0 Å². The van der Waals surface area contributed by atoms with Crippen LogP contribution in [0.3, 0.4) is 0 Å². The summed E-state index contributed by atoms with van der Waals surface area (Å²) in [5, 5.41) is 2.30. The van der Waals surface area contributed by atoms with Crippen LogP contribution in [-0.2, 0) is 16.0 Å². The van der Waals surface area contributed by atoms with Crippen molar-refractivity contribution in [2.45, 2.75) is 25.3 Å². The zero-order valence-electron chi connectivity index (χ0n) is 10.4. The zero-order valence-corrected chi connectivity index (χ0v) is 10.4. The molecular formula is C14H14N2O3. The Morgan fingerprint density at radius 1 is 1.11 bits per heavy atom. The summed E-state index contributed by atoms with van der Waals surface area (Å²) >= 11 is 0. The van der Waals surface area contributed by atoms with E-state index in [-0.39, 0.29) is 17.7 Å². The van der Waals surface area contributed by atoms with Crippen LogP contribution in [0.5, 0.6) is 0 Å². The molecule has 1 aromatic rings. The van der Waals surface area contributed by atoms with Crippen molar-refractivity contribution in [1.29, 1.82) is 0 Å². The smallest absolute Gasteiger partial charge is 0.254 e. The molecule has 0 aromatic heterocycles. The zero-order chi connectivity index (χ0) is 13.4. The van der Waals surface area contributed by atoms with Gasteiger partial charge in [-0.05, 0) is 24.5 Å². The lowest BCUT2D eigenvalue weighted by atomic mass is 9.95. The molecule has 1 fully saturated rings. The summed E-state index contributed by atoms with van der Waals surface area (Å²) in [6, 6.07) is 6.95. The van der Waals surface area contributed by atoms with E-state index in [4.69, 9.17) is 0 Å². The Hall–Kier alpha value is -2.17. The van der Waals surface area contributed by atoms with E-state index >= 15 is 0 Å². The van der Waals surface area contributed by atoms with Gasteiger partial charge < -0.3 is 4.90 Å². The van der Waals surface area contributed by atoms with E-state index in [2.05, 4.69) is 5.32 Å². The Labute approximate surface area is 110 Å². The molecule has 0 radical (unpaired) electrons. The lowest BCUT2D eigenvalue weighted by molar-refractivity contribution is -0.136. The van der Waals surface area contributed by atoms with Crippen molar-refractivity contribution < 1.29 is 14.4 Å². The summed E-state index contributed by atoms with van der Waals surface area (Å²) in [6.07, 6.45) is 1.46. The predicted octanol–water partition coefficient (Wildman–Crippen LogP) is 0.490. The molecule has 0 saturated carbocycles. The molecule has 2 heterocycles. The molecule has 0 aliphatic carbocycles. The van der Waals surface area contributed by atoms with Crippen LogP contribution in [0.25, 0.3) is 0 Å². The van der Waals surface area contributed by atoms with Gasteiger partial charge in [-0.3, -0.25) is 19.7 Å². The minimum absolute atomic E-state index is 0.114. The lowest BCUT2D eigenvalue weighted by Crippen LogP contribution is -2.55. The maximum Gasteiger partial charge on any atom is 0.254 e. The Morgan fingerprint density at radius 2 is 1.89 bits per heavy atom. The van der Waals surface area contributed by atoms with E-state index in [0.29, 0.717) is 24.9 Å². The van der Waals surface area contributed by atoms with Crippen LogP contribution in [-0.4, -0.2) is 35.2 Å². The normalized spacial score (nSPS) is 23.1. The van der Waals surface area contributed by atoms with Gasteiger partial charge in [-0.15, -0.1) is 0 Å². The molecule has 1 N–H and O–H groups in total. The highest BCUT2D eigenvalue weighted by atomic mass is 16.2. The molecular weight excluding hydrogens is 244 g/mol. The first kappa shape index (κ1) is 11.9. The average molecular weight is 258 g/mol. The molecule has 19 heavy (non-hydrogen) atoms. The van der Waals surface area contributed by atoms with Crippen molar-refractivity contribution in [3.05, 3.63) is 35.4 Å². The summed E-state index contributed by atoms with van der Waals surface area (Å²) in [5.41, 5.74) is 1.69. The number of hydrogen-bond donors (Lipinski definition) is 1. The second kappa shape index (κ2) is 4.50. The highest BCUT2D eigenvalue weighted by Crippen LogP contribution is 2.23. The molecule has 3 amide bonds. The van der Waals surface area contributed by atoms with Gasteiger partial charge in [0.1, 0.15) is 6.04 Å². The Morgan fingerprint density at radius 3 is 2.68 bits per heavy atom. The van der Waals surface area contributed by atoms with Crippen LogP contribution in [0.2, 0.25) is 0 Å². The van der Waals surface area contributed by atoms with Crippen molar-refractivity contribution in [3.8, 4) is 0 Å². The fourth-order valence-corrected chi connectivity index (χ4v) is 2.72. The molecule has 0 unspecified atom stereocenters. The maximum atomic E-state index is 12.4. The van der Waals surface area contributed by atoms with Gasteiger partial charge in [-0.2, -0.15) is 0 Å². The van der Waals surface area contributed by atoms with Gasteiger partial charge in [0, 0.05) is 18.5 Å². The van der Waals surface area contributed by atoms with Crippen molar-refractivity contribution in [3.63, 3.8) is 0 Å². The minimum atomic E-state index is -0.515. The van der Waals surface area contributed by atoms with E-state index < -0.39 is 6.04 Å². The van der Waals surface area contributed by atoms with Crippen LogP contribution in [0.4, 0.5) is 0 Å². The number of fused-ring (bicyclic) bond motifs is 1. The molecule has 98 valence electrons. The molecule has 0 bridgehead atoms. The van der Waals surface area contributed by atoms with Crippen LogP contribution >= 0.6 is 0 Å². The van der Waals surface area contributed by atoms with Crippen LogP contribution < -0.4 is 5.32 Å². The lowest BCUT2D eigenvalue weighted by Gasteiger charge is -2.36. The van der Waals surface area contributed by atoms with E-state index in [1.807, 2.05) is 18.2 Å². The molecule has 1 atom stereocenters. The van der Waals surface area contributed by atoms with E-state index in [9.17, 15) is 14.4 Å². The number of benzene rings is 1. The van der Waals surface area contributed by atoms with E-state index in [0.717, 1.165) is 12.0 Å². The third-order valence-corrected chi connectivity index (χ3v) is 3.72. The fourth-order valence-electron chi connectivity index (χ4n) is 2.72. The number of carbonyl (C=O) groups is 3.